The van der Waals surface area contributed by atoms with Gasteiger partial charge in [0, 0.05) is 5.56 Å². The van der Waals surface area contributed by atoms with Crippen LogP contribution in [0.25, 0.3) is 0 Å². The van der Waals surface area contributed by atoms with Gasteiger partial charge in [-0.3, -0.25) is 4.79 Å². The SMILES string of the molecule is CCCCCCOC(=O)c1ccc(N)c(O)c1C(=O)c1ccccc1. The summed E-state index contributed by atoms with van der Waals surface area (Å²) in [6.07, 6.45) is 3.92. The Labute approximate surface area is 147 Å². The lowest BCUT2D eigenvalue weighted by molar-refractivity contribution is 0.0494. The van der Waals surface area contributed by atoms with Gasteiger partial charge in [-0.05, 0) is 18.6 Å². The number of hydrogen-bond acceptors (Lipinski definition) is 5. The molecule has 0 saturated carbocycles. The van der Waals surface area contributed by atoms with Crippen LogP contribution in [-0.4, -0.2) is 23.5 Å². The maximum Gasteiger partial charge on any atom is 0.339 e. The molecule has 0 heterocycles. The summed E-state index contributed by atoms with van der Waals surface area (Å²) in [5.41, 5.74) is 6.01. The fourth-order valence-corrected chi connectivity index (χ4v) is 2.51. The van der Waals surface area contributed by atoms with E-state index in [2.05, 4.69) is 6.92 Å². The molecule has 0 bridgehead atoms. The number of carbonyl (C=O) groups is 2. The molecule has 0 unspecified atom stereocenters. The van der Waals surface area contributed by atoms with Crippen LogP contribution in [0.5, 0.6) is 5.75 Å². The molecule has 3 N–H and O–H groups in total. The maximum atomic E-state index is 12.7. The second kappa shape index (κ2) is 8.87. The molecule has 0 aliphatic carbocycles. The minimum atomic E-state index is -0.633. The van der Waals surface area contributed by atoms with Crippen LogP contribution < -0.4 is 5.73 Å². The van der Waals surface area contributed by atoms with Crippen LogP contribution in [0, 0.1) is 0 Å². The first-order chi connectivity index (χ1) is 12.1. The van der Waals surface area contributed by atoms with Gasteiger partial charge in [-0.1, -0.05) is 56.5 Å². The Bertz CT molecular complexity index is 741. The molecule has 25 heavy (non-hydrogen) atoms. The second-order valence-corrected chi connectivity index (χ2v) is 5.82. The predicted octanol–water partition coefficient (Wildman–Crippen LogP) is 3.94. The van der Waals surface area contributed by atoms with Crippen LogP contribution >= 0.6 is 0 Å². The molecule has 0 radical (unpaired) electrons. The molecule has 0 aliphatic heterocycles. The second-order valence-electron chi connectivity index (χ2n) is 5.82. The van der Waals surface area contributed by atoms with Crippen molar-refractivity contribution in [1.82, 2.24) is 0 Å². The summed E-state index contributed by atoms with van der Waals surface area (Å²) >= 11 is 0. The van der Waals surface area contributed by atoms with E-state index < -0.39 is 17.5 Å². The highest BCUT2D eigenvalue weighted by Gasteiger charge is 2.24. The lowest BCUT2D eigenvalue weighted by Gasteiger charge is -2.12. The summed E-state index contributed by atoms with van der Waals surface area (Å²) in [5, 5.41) is 10.2. The van der Waals surface area contributed by atoms with Crippen molar-refractivity contribution in [2.75, 3.05) is 12.3 Å². The molecule has 0 aliphatic rings. The van der Waals surface area contributed by atoms with E-state index in [1.165, 1.54) is 12.1 Å². The largest absolute Gasteiger partial charge is 0.505 e. The van der Waals surface area contributed by atoms with E-state index in [1.807, 2.05) is 0 Å². The van der Waals surface area contributed by atoms with E-state index in [-0.39, 0.29) is 23.4 Å². The first kappa shape index (κ1) is 18.5. The molecule has 2 aromatic carbocycles. The summed E-state index contributed by atoms with van der Waals surface area (Å²) in [7, 11) is 0. The Morgan fingerprint density at radius 1 is 1.04 bits per heavy atom. The van der Waals surface area contributed by atoms with Gasteiger partial charge in [0.15, 0.2) is 11.5 Å². The quantitative estimate of drug-likeness (QED) is 0.249. The molecule has 2 aromatic rings. The molecule has 0 fully saturated rings. The number of aromatic hydroxyl groups is 1. The number of anilines is 1. The fraction of sp³-hybridized carbons (Fsp3) is 0.300. The Morgan fingerprint density at radius 3 is 2.44 bits per heavy atom. The summed E-state index contributed by atoms with van der Waals surface area (Å²) in [5.74, 6) is -1.50. The number of esters is 1. The normalized spacial score (nSPS) is 10.4. The predicted molar refractivity (Wildman–Crippen MR) is 96.8 cm³/mol. The third-order valence-electron chi connectivity index (χ3n) is 3.92. The first-order valence-electron chi connectivity index (χ1n) is 8.44. The van der Waals surface area contributed by atoms with Gasteiger partial charge in [0.2, 0.25) is 0 Å². The van der Waals surface area contributed by atoms with Crippen LogP contribution in [0.15, 0.2) is 42.5 Å². The Hall–Kier alpha value is -2.82. The van der Waals surface area contributed by atoms with Crippen LogP contribution in [0.3, 0.4) is 0 Å². The standard InChI is InChI=1S/C20H23NO4/c1-2-3-4-8-13-25-20(24)15-11-12-16(21)19(23)17(15)18(22)14-9-6-5-7-10-14/h5-7,9-12,23H,2-4,8,13,21H2,1H3. The molecule has 132 valence electrons. The van der Waals surface area contributed by atoms with Crippen molar-refractivity contribution in [2.45, 2.75) is 32.6 Å². The molecule has 5 nitrogen and oxygen atoms in total. The van der Waals surface area contributed by atoms with E-state index in [0.29, 0.717) is 5.56 Å². The van der Waals surface area contributed by atoms with E-state index in [0.717, 1.165) is 25.7 Å². The molecule has 5 heteroatoms. The number of phenolic OH excluding ortho intramolecular Hbond substituents is 1. The van der Waals surface area contributed by atoms with Gasteiger partial charge in [-0.15, -0.1) is 0 Å². The topological polar surface area (TPSA) is 89.6 Å². The van der Waals surface area contributed by atoms with Crippen molar-refractivity contribution in [1.29, 1.82) is 0 Å². The highest BCUT2D eigenvalue weighted by molar-refractivity contribution is 6.16. The first-order valence-corrected chi connectivity index (χ1v) is 8.44. The van der Waals surface area contributed by atoms with Crippen LogP contribution in [0.2, 0.25) is 0 Å². The van der Waals surface area contributed by atoms with Gasteiger partial charge >= 0.3 is 5.97 Å². The molecule has 0 amide bonds. The van der Waals surface area contributed by atoms with Crippen molar-refractivity contribution < 1.29 is 19.4 Å². The minimum absolute atomic E-state index is 0.0241. The molecule has 0 atom stereocenters. The number of benzene rings is 2. The number of ketones is 1. The minimum Gasteiger partial charge on any atom is -0.505 e. The molecule has 0 aromatic heterocycles. The van der Waals surface area contributed by atoms with Gasteiger partial charge in [0.1, 0.15) is 0 Å². The smallest absolute Gasteiger partial charge is 0.339 e. The number of unbranched alkanes of at least 4 members (excludes halogenated alkanes) is 3. The third-order valence-corrected chi connectivity index (χ3v) is 3.92. The molecule has 2 rings (SSSR count). The van der Waals surface area contributed by atoms with E-state index in [9.17, 15) is 14.7 Å². The molecule has 0 saturated heterocycles. The number of ether oxygens (including phenoxy) is 1. The van der Waals surface area contributed by atoms with E-state index >= 15 is 0 Å². The van der Waals surface area contributed by atoms with Crippen LogP contribution in [-0.2, 0) is 4.74 Å². The summed E-state index contributed by atoms with van der Waals surface area (Å²) in [6.45, 7) is 2.38. The van der Waals surface area contributed by atoms with Crippen LogP contribution in [0.1, 0.15) is 58.9 Å². The lowest BCUT2D eigenvalue weighted by atomic mass is 9.96. The molecular weight excluding hydrogens is 318 g/mol. The summed E-state index contributed by atoms with van der Waals surface area (Å²) in [4.78, 5) is 25.1. The third kappa shape index (κ3) is 4.59. The zero-order valence-corrected chi connectivity index (χ0v) is 14.3. The Balaban J connectivity index is 2.25. The van der Waals surface area contributed by atoms with Gasteiger partial charge in [-0.25, -0.2) is 4.79 Å². The number of nitrogen functional groups attached to an aromatic ring is 1. The zero-order valence-electron chi connectivity index (χ0n) is 14.3. The molecular formula is C20H23NO4. The number of rotatable bonds is 8. The Kier molecular flexibility index (Phi) is 6.57. The van der Waals surface area contributed by atoms with Gasteiger partial charge in [0.25, 0.3) is 0 Å². The zero-order chi connectivity index (χ0) is 18.2. The molecule has 0 spiro atoms. The van der Waals surface area contributed by atoms with Crippen molar-refractivity contribution in [3.8, 4) is 5.75 Å². The van der Waals surface area contributed by atoms with Crippen molar-refractivity contribution in [2.24, 2.45) is 0 Å². The average Bonchev–Trinajstić information content (AvgIpc) is 2.63. The van der Waals surface area contributed by atoms with Crippen LogP contribution in [0.4, 0.5) is 5.69 Å². The highest BCUT2D eigenvalue weighted by Crippen LogP contribution is 2.31. The summed E-state index contributed by atoms with van der Waals surface area (Å²) < 4.78 is 5.25. The van der Waals surface area contributed by atoms with Crippen molar-refractivity contribution in [3.05, 3.63) is 59.2 Å². The summed E-state index contributed by atoms with van der Waals surface area (Å²) in [6, 6.07) is 11.2. The van der Waals surface area contributed by atoms with E-state index in [1.54, 1.807) is 30.3 Å². The number of hydrogen-bond donors (Lipinski definition) is 2. The number of carbonyl (C=O) groups excluding carboxylic acids is 2. The van der Waals surface area contributed by atoms with Gasteiger partial charge in [-0.2, -0.15) is 0 Å². The number of nitrogens with two attached hydrogens (primary N) is 1. The lowest BCUT2D eigenvalue weighted by Crippen LogP contribution is -2.14. The monoisotopic (exact) mass is 341 g/mol. The maximum absolute atomic E-state index is 12.7. The highest BCUT2D eigenvalue weighted by atomic mass is 16.5. The van der Waals surface area contributed by atoms with E-state index in [4.69, 9.17) is 10.5 Å². The number of phenols is 1. The average molecular weight is 341 g/mol. The van der Waals surface area contributed by atoms with Gasteiger partial charge < -0.3 is 15.6 Å². The fourth-order valence-electron chi connectivity index (χ4n) is 2.51. The van der Waals surface area contributed by atoms with Gasteiger partial charge in [0.05, 0.1) is 23.4 Å². The Morgan fingerprint density at radius 2 is 1.76 bits per heavy atom. The van der Waals surface area contributed by atoms with Crippen molar-refractivity contribution >= 4 is 17.4 Å². The van der Waals surface area contributed by atoms with Crippen molar-refractivity contribution in [3.63, 3.8) is 0 Å².